The Bertz CT molecular complexity index is 992. The summed E-state index contributed by atoms with van der Waals surface area (Å²) in [4.78, 5) is 0. The number of hydrogen-bond acceptors (Lipinski definition) is 2. The fourth-order valence-corrected chi connectivity index (χ4v) is 5.87. The minimum Gasteiger partial charge on any atom is -0.150 e. The highest BCUT2D eigenvalue weighted by atomic mass is 15.1. The van der Waals surface area contributed by atoms with Gasteiger partial charge in [0.1, 0.15) is 0 Å². The SMILES string of the molecule is C=Cc1cc(CCCCCC)c(N=Nc2cc(CCCCCC)c(C=C)cc2CCCCCC)cc1CCCCCC. The van der Waals surface area contributed by atoms with Crippen LogP contribution >= 0.6 is 0 Å². The van der Waals surface area contributed by atoms with Crippen LogP contribution in [0.25, 0.3) is 12.2 Å². The number of unbranched alkanes of at least 4 members (excludes halogenated alkanes) is 12. The van der Waals surface area contributed by atoms with Crippen LogP contribution in [0.2, 0.25) is 0 Å². The molecule has 0 aromatic heterocycles. The first-order chi connectivity index (χ1) is 20.6. The zero-order valence-electron chi connectivity index (χ0n) is 27.9. The van der Waals surface area contributed by atoms with Gasteiger partial charge in [-0.05, 0) is 109 Å². The molecule has 2 aromatic carbocycles. The van der Waals surface area contributed by atoms with Crippen LogP contribution in [-0.2, 0) is 25.7 Å². The Hall–Kier alpha value is -2.48. The maximum absolute atomic E-state index is 5.03. The van der Waals surface area contributed by atoms with E-state index in [1.54, 1.807) is 0 Å². The van der Waals surface area contributed by atoms with Crippen LogP contribution < -0.4 is 0 Å². The molecule has 0 heterocycles. The van der Waals surface area contributed by atoms with Crippen LogP contribution in [0.5, 0.6) is 0 Å². The van der Waals surface area contributed by atoms with E-state index in [4.69, 9.17) is 10.2 Å². The van der Waals surface area contributed by atoms with Crippen molar-refractivity contribution in [2.45, 2.75) is 156 Å². The van der Waals surface area contributed by atoms with E-state index in [1.165, 1.54) is 136 Å². The largest absolute Gasteiger partial charge is 0.150 e. The van der Waals surface area contributed by atoms with Crippen LogP contribution in [-0.4, -0.2) is 0 Å². The van der Waals surface area contributed by atoms with Crippen LogP contribution in [0.3, 0.4) is 0 Å². The number of benzene rings is 2. The summed E-state index contributed by atoms with van der Waals surface area (Å²) in [6, 6.07) is 9.36. The van der Waals surface area contributed by atoms with Gasteiger partial charge >= 0.3 is 0 Å². The summed E-state index contributed by atoms with van der Waals surface area (Å²) in [5, 5.41) is 10.1. The van der Waals surface area contributed by atoms with Crippen LogP contribution in [0.15, 0.2) is 47.7 Å². The van der Waals surface area contributed by atoms with Gasteiger partial charge in [0.15, 0.2) is 0 Å². The second kappa shape index (κ2) is 22.1. The normalized spacial score (nSPS) is 11.4. The second-order valence-electron chi connectivity index (χ2n) is 12.2. The van der Waals surface area contributed by atoms with Gasteiger partial charge in [-0.3, -0.25) is 0 Å². The molecule has 0 aliphatic heterocycles. The molecule has 2 heteroatoms. The number of aryl methyl sites for hydroxylation is 4. The lowest BCUT2D eigenvalue weighted by Crippen LogP contribution is -1.96. The Morgan fingerprint density at radius 3 is 1.02 bits per heavy atom. The van der Waals surface area contributed by atoms with E-state index >= 15 is 0 Å². The lowest BCUT2D eigenvalue weighted by atomic mass is 9.94. The van der Waals surface area contributed by atoms with Crippen molar-refractivity contribution in [1.82, 2.24) is 0 Å². The third kappa shape index (κ3) is 12.8. The zero-order valence-corrected chi connectivity index (χ0v) is 27.9. The van der Waals surface area contributed by atoms with Gasteiger partial charge in [0.25, 0.3) is 0 Å². The molecule has 42 heavy (non-hydrogen) atoms. The van der Waals surface area contributed by atoms with E-state index in [9.17, 15) is 0 Å². The molecule has 0 bridgehead atoms. The number of rotatable bonds is 24. The van der Waals surface area contributed by atoms with E-state index in [0.717, 1.165) is 37.1 Å². The van der Waals surface area contributed by atoms with Gasteiger partial charge in [-0.2, -0.15) is 10.2 Å². The smallest absolute Gasteiger partial charge is 0.0892 e. The average molecular weight is 571 g/mol. The van der Waals surface area contributed by atoms with Crippen molar-refractivity contribution in [3.05, 3.63) is 70.8 Å². The fraction of sp³-hybridized carbons (Fsp3) is 0.600. The summed E-state index contributed by atoms with van der Waals surface area (Å²) in [5.74, 6) is 0. The first-order valence-corrected chi connectivity index (χ1v) is 17.6. The lowest BCUT2D eigenvalue weighted by Gasteiger charge is -2.14. The van der Waals surface area contributed by atoms with E-state index < -0.39 is 0 Å². The van der Waals surface area contributed by atoms with Crippen LogP contribution in [0.4, 0.5) is 11.4 Å². The molecule has 0 atom stereocenters. The van der Waals surface area contributed by atoms with E-state index in [0.29, 0.717) is 0 Å². The Morgan fingerprint density at radius 2 is 0.738 bits per heavy atom. The maximum atomic E-state index is 5.03. The van der Waals surface area contributed by atoms with Crippen molar-refractivity contribution in [2.24, 2.45) is 10.2 Å². The molecule has 0 aliphatic rings. The molecule has 0 radical (unpaired) electrons. The van der Waals surface area contributed by atoms with Crippen molar-refractivity contribution in [3.63, 3.8) is 0 Å². The van der Waals surface area contributed by atoms with Gasteiger partial charge in [-0.15, -0.1) is 0 Å². The molecule has 2 rings (SSSR count). The van der Waals surface area contributed by atoms with Gasteiger partial charge < -0.3 is 0 Å². The van der Waals surface area contributed by atoms with Gasteiger partial charge in [0.2, 0.25) is 0 Å². The maximum Gasteiger partial charge on any atom is 0.0892 e. The Morgan fingerprint density at radius 1 is 0.429 bits per heavy atom. The van der Waals surface area contributed by atoms with Crippen molar-refractivity contribution in [1.29, 1.82) is 0 Å². The Labute approximate surface area is 260 Å². The summed E-state index contributed by atoms with van der Waals surface area (Å²) in [5.41, 5.74) is 10.0. The predicted octanol–water partition coefficient (Wildman–Crippen LogP) is 13.9. The van der Waals surface area contributed by atoms with Crippen molar-refractivity contribution < 1.29 is 0 Å². The molecule has 0 fully saturated rings. The summed E-state index contributed by atoms with van der Waals surface area (Å²) in [6.45, 7) is 17.4. The van der Waals surface area contributed by atoms with Crippen molar-refractivity contribution >= 4 is 23.5 Å². The number of azo groups is 1. The third-order valence-corrected chi connectivity index (χ3v) is 8.58. The minimum absolute atomic E-state index is 1.05. The number of nitrogens with zero attached hydrogens (tertiary/aromatic N) is 2. The summed E-state index contributed by atoms with van der Waals surface area (Å²) in [6.07, 6.45) is 28.5. The van der Waals surface area contributed by atoms with Crippen LogP contribution in [0, 0.1) is 0 Å². The van der Waals surface area contributed by atoms with E-state index in [-0.39, 0.29) is 0 Å². The molecule has 232 valence electrons. The topological polar surface area (TPSA) is 24.7 Å². The molecule has 0 saturated carbocycles. The molecule has 0 aliphatic carbocycles. The van der Waals surface area contributed by atoms with Crippen molar-refractivity contribution in [2.75, 3.05) is 0 Å². The lowest BCUT2D eigenvalue weighted by molar-refractivity contribution is 0.662. The van der Waals surface area contributed by atoms with Crippen LogP contribution in [0.1, 0.15) is 164 Å². The molecule has 2 aromatic rings. The molecular formula is C40H62N2. The standard InChI is InChI=1S/C40H62N2/c1-7-13-17-21-25-35-31-39(37(29-33(35)11-5)27-23-19-15-9-3)41-42-40-32-36(26-22-18-14-8-2)34(12-6)30-38(40)28-24-20-16-10-4/h11-12,29-32H,5-10,13-28H2,1-4H3. The first kappa shape index (κ1) is 35.7. The molecule has 0 spiro atoms. The minimum atomic E-state index is 1.05. The summed E-state index contributed by atoms with van der Waals surface area (Å²) >= 11 is 0. The van der Waals surface area contributed by atoms with Crippen molar-refractivity contribution in [3.8, 4) is 0 Å². The molecular weight excluding hydrogens is 508 g/mol. The predicted molar refractivity (Wildman–Crippen MR) is 189 cm³/mol. The third-order valence-electron chi connectivity index (χ3n) is 8.58. The number of hydrogen-bond donors (Lipinski definition) is 0. The quantitative estimate of drug-likeness (QED) is 0.0885. The molecule has 0 N–H and O–H groups in total. The monoisotopic (exact) mass is 570 g/mol. The molecule has 2 nitrogen and oxygen atoms in total. The Balaban J connectivity index is 2.47. The second-order valence-corrected chi connectivity index (χ2v) is 12.2. The average Bonchev–Trinajstić information content (AvgIpc) is 3.01. The summed E-state index contributed by atoms with van der Waals surface area (Å²) in [7, 11) is 0. The summed E-state index contributed by atoms with van der Waals surface area (Å²) < 4.78 is 0. The Kier molecular flexibility index (Phi) is 18.8. The highest BCUT2D eigenvalue weighted by Gasteiger charge is 2.12. The van der Waals surface area contributed by atoms with Gasteiger partial charge in [-0.1, -0.05) is 130 Å². The first-order valence-electron chi connectivity index (χ1n) is 17.6. The van der Waals surface area contributed by atoms with Gasteiger partial charge in [-0.25, -0.2) is 0 Å². The van der Waals surface area contributed by atoms with E-state index in [2.05, 4.69) is 65.1 Å². The molecule has 0 saturated heterocycles. The fourth-order valence-electron chi connectivity index (χ4n) is 5.87. The van der Waals surface area contributed by atoms with Gasteiger partial charge in [0, 0.05) is 0 Å². The molecule has 0 unspecified atom stereocenters. The molecule has 0 amide bonds. The highest BCUT2D eigenvalue weighted by molar-refractivity contribution is 5.63. The van der Waals surface area contributed by atoms with Gasteiger partial charge in [0.05, 0.1) is 11.4 Å². The highest BCUT2D eigenvalue weighted by Crippen LogP contribution is 2.33. The van der Waals surface area contributed by atoms with E-state index in [1.807, 2.05) is 12.2 Å². The zero-order chi connectivity index (χ0) is 30.4.